The number of carbonyl (C=O) groups is 2. The molecule has 7 nitrogen and oxygen atoms in total. The Bertz CT molecular complexity index is 763. The number of aliphatic hydroxyl groups excluding tert-OH is 1. The number of carbonyl (C=O) groups excluding carboxylic acids is 2. The highest BCUT2D eigenvalue weighted by molar-refractivity contribution is 6.25. The van der Waals surface area contributed by atoms with E-state index in [1.807, 2.05) is 0 Å². The Morgan fingerprint density at radius 1 is 1.23 bits per heavy atom. The molecule has 1 spiro atoms. The minimum atomic E-state index is -1.35. The summed E-state index contributed by atoms with van der Waals surface area (Å²) in [6, 6.07) is 0. The topological polar surface area (TPSA) is 94.1 Å². The number of ketones is 2. The second kappa shape index (κ2) is 5.47. The Balaban J connectivity index is 2.00. The first-order valence-corrected chi connectivity index (χ1v) is 9.03. The van der Waals surface area contributed by atoms with Crippen molar-refractivity contribution in [3.05, 3.63) is 23.4 Å². The number of alkyl halides is 1. The molecule has 2 fully saturated rings. The molecule has 0 radical (unpaired) electrons. The highest BCUT2D eigenvalue weighted by Crippen LogP contribution is 2.72. The van der Waals surface area contributed by atoms with E-state index < -0.39 is 27.8 Å². The Morgan fingerprint density at radius 2 is 1.96 bits per heavy atom. The predicted octanol–water partition coefficient (Wildman–Crippen LogP) is 0.653. The van der Waals surface area contributed by atoms with Crippen LogP contribution in [0.3, 0.4) is 0 Å². The van der Waals surface area contributed by atoms with Crippen molar-refractivity contribution >= 4 is 23.2 Å². The number of Topliss-reactive ketones (excluding diaryl/α,β-unsaturated/α-hetero) is 1. The predicted molar refractivity (Wildman–Crippen MR) is 91.2 cm³/mol. The number of ether oxygens (including phenoxy) is 3. The van der Waals surface area contributed by atoms with Crippen molar-refractivity contribution in [2.75, 3.05) is 27.9 Å². The fourth-order valence-corrected chi connectivity index (χ4v) is 6.70. The maximum absolute atomic E-state index is 13.2. The number of allylic oxidation sites excluding steroid dienone is 2. The molecule has 0 aromatic rings. The molecular weight excluding hydrogens is 362 g/mol. The van der Waals surface area contributed by atoms with Crippen LogP contribution in [-0.4, -0.2) is 61.6 Å². The Kier molecular flexibility index (Phi) is 3.75. The summed E-state index contributed by atoms with van der Waals surface area (Å²) < 4.78 is 16.2. The zero-order valence-corrected chi connectivity index (χ0v) is 15.7. The molecule has 0 amide bonds. The molecular formula is C18H22ClNO6. The van der Waals surface area contributed by atoms with Crippen LogP contribution in [-0.2, 0) is 23.8 Å². The third kappa shape index (κ3) is 1.59. The van der Waals surface area contributed by atoms with E-state index in [-0.39, 0.29) is 29.5 Å². The van der Waals surface area contributed by atoms with Crippen molar-refractivity contribution < 1.29 is 28.9 Å². The van der Waals surface area contributed by atoms with Crippen LogP contribution in [0.15, 0.2) is 23.4 Å². The number of halogens is 1. The summed E-state index contributed by atoms with van der Waals surface area (Å²) in [5.41, 5.74) is -3.10. The van der Waals surface area contributed by atoms with Crippen LogP contribution in [0.25, 0.3) is 0 Å². The van der Waals surface area contributed by atoms with E-state index in [4.69, 9.17) is 25.8 Å². The molecule has 0 aromatic heterocycles. The lowest BCUT2D eigenvalue weighted by Gasteiger charge is -2.51. The van der Waals surface area contributed by atoms with E-state index in [1.54, 1.807) is 0 Å². The van der Waals surface area contributed by atoms with E-state index >= 15 is 0 Å². The van der Waals surface area contributed by atoms with Crippen molar-refractivity contribution in [1.82, 2.24) is 5.32 Å². The average Bonchev–Trinajstić information content (AvgIpc) is 3.16. The van der Waals surface area contributed by atoms with Gasteiger partial charge < -0.3 is 24.6 Å². The molecule has 4 rings (SSSR count). The largest absolute Gasteiger partial charge is 0.498 e. The average molecular weight is 384 g/mol. The molecule has 26 heavy (non-hydrogen) atoms. The quantitative estimate of drug-likeness (QED) is 0.691. The van der Waals surface area contributed by atoms with Crippen LogP contribution in [0.4, 0.5) is 0 Å². The maximum atomic E-state index is 13.2. The van der Waals surface area contributed by atoms with Crippen LogP contribution in [0.5, 0.6) is 0 Å². The van der Waals surface area contributed by atoms with Gasteiger partial charge >= 0.3 is 0 Å². The summed E-state index contributed by atoms with van der Waals surface area (Å²) in [6.07, 6.45) is 1.01. The van der Waals surface area contributed by atoms with Gasteiger partial charge in [0.1, 0.15) is 11.9 Å². The van der Waals surface area contributed by atoms with Gasteiger partial charge in [-0.25, -0.2) is 0 Å². The molecule has 1 aliphatic heterocycles. The van der Waals surface area contributed by atoms with Gasteiger partial charge in [-0.2, -0.15) is 0 Å². The van der Waals surface area contributed by atoms with Gasteiger partial charge in [0.2, 0.25) is 11.5 Å². The normalized spacial score (nSPS) is 44.3. The maximum Gasteiger partial charge on any atom is 0.201 e. The Morgan fingerprint density at radius 3 is 2.54 bits per heavy atom. The van der Waals surface area contributed by atoms with Gasteiger partial charge in [-0.15, -0.1) is 11.6 Å². The van der Waals surface area contributed by atoms with Crippen LogP contribution in [0.2, 0.25) is 0 Å². The molecule has 1 saturated carbocycles. The summed E-state index contributed by atoms with van der Waals surface area (Å²) in [6.45, 7) is 0.574. The van der Waals surface area contributed by atoms with Crippen molar-refractivity contribution in [1.29, 1.82) is 0 Å². The van der Waals surface area contributed by atoms with Crippen LogP contribution in [0.1, 0.15) is 19.3 Å². The SMILES string of the molecule is COC1=CC(=O)[C@@]2([C@H](Cl)C[C@@]34NCC[C@@]23CC(=O)C(OC)=C4OC)[C@@H]1O. The first-order valence-electron chi connectivity index (χ1n) is 8.59. The van der Waals surface area contributed by atoms with Crippen LogP contribution < -0.4 is 5.32 Å². The molecule has 0 aromatic carbocycles. The minimum Gasteiger partial charge on any atom is -0.498 e. The number of rotatable bonds is 3. The third-order valence-corrected chi connectivity index (χ3v) is 7.40. The molecule has 142 valence electrons. The van der Waals surface area contributed by atoms with Crippen molar-refractivity contribution in [2.45, 2.75) is 36.3 Å². The summed E-state index contributed by atoms with van der Waals surface area (Å²) >= 11 is 6.77. The van der Waals surface area contributed by atoms with E-state index in [0.717, 1.165) is 0 Å². The summed E-state index contributed by atoms with van der Waals surface area (Å²) in [4.78, 5) is 26.1. The van der Waals surface area contributed by atoms with Crippen molar-refractivity contribution in [3.63, 3.8) is 0 Å². The zero-order chi connectivity index (χ0) is 18.9. The molecule has 4 aliphatic rings. The molecule has 5 atom stereocenters. The van der Waals surface area contributed by atoms with Crippen LogP contribution in [0, 0.1) is 10.8 Å². The van der Waals surface area contributed by atoms with E-state index in [1.165, 1.54) is 27.4 Å². The number of methoxy groups -OCH3 is 3. The number of nitrogens with one attached hydrogen (secondary N) is 1. The molecule has 1 saturated heterocycles. The molecule has 2 N–H and O–H groups in total. The lowest BCUT2D eigenvalue weighted by Crippen LogP contribution is -2.63. The number of hydrogen-bond acceptors (Lipinski definition) is 7. The number of hydrogen-bond donors (Lipinski definition) is 2. The van der Waals surface area contributed by atoms with E-state index in [9.17, 15) is 14.7 Å². The summed E-state index contributed by atoms with van der Waals surface area (Å²) in [7, 11) is 4.31. The van der Waals surface area contributed by atoms with Gasteiger partial charge in [0.25, 0.3) is 0 Å². The number of aliphatic hydroxyl groups is 1. The summed E-state index contributed by atoms with van der Waals surface area (Å²) in [5, 5.41) is 13.8. The Hall–Kier alpha value is -1.57. The highest BCUT2D eigenvalue weighted by atomic mass is 35.5. The monoisotopic (exact) mass is 383 g/mol. The van der Waals surface area contributed by atoms with Gasteiger partial charge in [-0.05, 0) is 19.4 Å². The summed E-state index contributed by atoms with van der Waals surface area (Å²) in [5.74, 6) is 0.155. The van der Waals surface area contributed by atoms with E-state index in [2.05, 4.69) is 5.32 Å². The smallest absolute Gasteiger partial charge is 0.201 e. The fraction of sp³-hybridized carbons (Fsp3) is 0.667. The highest BCUT2D eigenvalue weighted by Gasteiger charge is 2.82. The van der Waals surface area contributed by atoms with Gasteiger partial charge in [-0.1, -0.05) is 0 Å². The minimum absolute atomic E-state index is 0.0485. The first-order chi connectivity index (χ1) is 12.4. The molecule has 0 bridgehead atoms. The molecule has 3 aliphatic carbocycles. The van der Waals surface area contributed by atoms with Crippen molar-refractivity contribution in [2.24, 2.45) is 10.8 Å². The lowest BCUT2D eigenvalue weighted by atomic mass is 9.52. The van der Waals surface area contributed by atoms with Crippen LogP contribution >= 0.6 is 11.6 Å². The van der Waals surface area contributed by atoms with Gasteiger partial charge in [-0.3, -0.25) is 9.59 Å². The lowest BCUT2D eigenvalue weighted by molar-refractivity contribution is -0.146. The second-order valence-electron chi connectivity index (χ2n) is 7.39. The second-order valence-corrected chi connectivity index (χ2v) is 7.92. The standard InChI is InChI=1S/C18H22ClNO6/c1-24-10-6-12(22)18(14(10)23)11(19)8-17-15(26-3)13(25-2)9(21)7-16(17,18)4-5-20-17/h6,11,14,20,23H,4-5,7-8H2,1-3H3/t11-,14-,16+,17+,18+/m1/s1. The van der Waals surface area contributed by atoms with Gasteiger partial charge in [0.15, 0.2) is 11.5 Å². The van der Waals surface area contributed by atoms with Gasteiger partial charge in [0.05, 0.1) is 37.7 Å². The van der Waals surface area contributed by atoms with Gasteiger partial charge in [0, 0.05) is 17.9 Å². The fourth-order valence-electron chi connectivity index (χ4n) is 6.03. The molecule has 1 heterocycles. The zero-order valence-electron chi connectivity index (χ0n) is 14.9. The Labute approximate surface area is 156 Å². The van der Waals surface area contributed by atoms with Crippen molar-refractivity contribution in [3.8, 4) is 0 Å². The first kappa shape index (κ1) is 17.8. The van der Waals surface area contributed by atoms with E-state index in [0.29, 0.717) is 25.1 Å². The molecule has 8 heteroatoms. The molecule has 0 unspecified atom stereocenters. The third-order valence-electron chi connectivity index (χ3n) is 6.90.